The highest BCUT2D eigenvalue weighted by molar-refractivity contribution is 7.88. The maximum absolute atomic E-state index is 12.7. The molecule has 0 spiro atoms. The molecule has 8 nitrogen and oxygen atoms in total. The minimum Gasteiger partial charge on any atom is -0.352 e. The summed E-state index contributed by atoms with van der Waals surface area (Å²) in [6, 6.07) is 13.1. The summed E-state index contributed by atoms with van der Waals surface area (Å²) in [4.78, 5) is 6.25. The van der Waals surface area contributed by atoms with Crippen LogP contribution in [0.15, 0.2) is 54.9 Å². The van der Waals surface area contributed by atoms with Gasteiger partial charge in [0.2, 0.25) is 10.0 Å². The molecule has 0 atom stereocenters. The third kappa shape index (κ3) is 3.90. The summed E-state index contributed by atoms with van der Waals surface area (Å²) in [5.41, 5.74) is 0.807. The van der Waals surface area contributed by atoms with Gasteiger partial charge in [0, 0.05) is 38.6 Å². The third-order valence-corrected chi connectivity index (χ3v) is 6.71. The van der Waals surface area contributed by atoms with Crippen molar-refractivity contribution in [3.05, 3.63) is 66.2 Å². The monoisotopic (exact) mass is 398 g/mol. The smallest absolute Gasteiger partial charge is 0.218 e. The number of aryl methyl sites for hydroxylation is 1. The summed E-state index contributed by atoms with van der Waals surface area (Å²) in [7, 11) is -3.32. The van der Waals surface area contributed by atoms with Gasteiger partial charge >= 0.3 is 0 Å². The lowest BCUT2D eigenvalue weighted by atomic mass is 10.2. The van der Waals surface area contributed by atoms with E-state index in [2.05, 4.69) is 20.1 Å². The lowest BCUT2D eigenvalue weighted by Crippen LogP contribution is -2.49. The SMILES string of the molecule is Cc1nccn1-c1ccc(N2CCN(S(=O)(=O)Cc3ccccc3)CC2)nn1. The fourth-order valence-electron chi connectivity index (χ4n) is 3.31. The van der Waals surface area contributed by atoms with E-state index in [1.54, 1.807) is 10.5 Å². The van der Waals surface area contributed by atoms with Crippen molar-refractivity contribution in [1.82, 2.24) is 24.1 Å². The highest BCUT2D eigenvalue weighted by Gasteiger charge is 2.27. The van der Waals surface area contributed by atoms with Gasteiger partial charge in [-0.2, -0.15) is 4.31 Å². The van der Waals surface area contributed by atoms with E-state index in [4.69, 9.17) is 0 Å². The van der Waals surface area contributed by atoms with Crippen molar-refractivity contribution in [2.45, 2.75) is 12.7 Å². The van der Waals surface area contributed by atoms with Gasteiger partial charge in [0.25, 0.3) is 0 Å². The number of nitrogens with zero attached hydrogens (tertiary/aromatic N) is 6. The van der Waals surface area contributed by atoms with Gasteiger partial charge in [-0.05, 0) is 24.6 Å². The molecule has 1 aliphatic rings. The van der Waals surface area contributed by atoms with Gasteiger partial charge < -0.3 is 4.90 Å². The predicted molar refractivity (Wildman–Crippen MR) is 107 cm³/mol. The minimum atomic E-state index is -3.32. The van der Waals surface area contributed by atoms with Crippen LogP contribution >= 0.6 is 0 Å². The first-order chi connectivity index (χ1) is 13.5. The summed E-state index contributed by atoms with van der Waals surface area (Å²) in [6.45, 7) is 3.97. The predicted octanol–water partition coefficient (Wildman–Crippen LogP) is 1.62. The normalized spacial score (nSPS) is 15.7. The molecule has 0 amide bonds. The second-order valence-corrected chi connectivity index (χ2v) is 8.69. The molecular weight excluding hydrogens is 376 g/mol. The largest absolute Gasteiger partial charge is 0.352 e. The number of sulfonamides is 1. The molecule has 3 aromatic rings. The summed E-state index contributed by atoms with van der Waals surface area (Å²) in [5, 5.41) is 8.59. The Hall–Kier alpha value is -2.78. The third-order valence-electron chi connectivity index (χ3n) is 4.86. The van der Waals surface area contributed by atoms with Crippen LogP contribution in [0.2, 0.25) is 0 Å². The molecule has 0 radical (unpaired) electrons. The van der Waals surface area contributed by atoms with E-state index >= 15 is 0 Å². The summed E-state index contributed by atoms with van der Waals surface area (Å²) < 4.78 is 28.8. The molecule has 2 aromatic heterocycles. The topological polar surface area (TPSA) is 84.2 Å². The van der Waals surface area contributed by atoms with Gasteiger partial charge in [0.15, 0.2) is 11.6 Å². The number of rotatable bonds is 5. The molecule has 0 bridgehead atoms. The Bertz CT molecular complexity index is 1030. The van der Waals surface area contributed by atoms with Gasteiger partial charge in [0.1, 0.15) is 5.82 Å². The molecule has 1 saturated heterocycles. The zero-order valence-corrected chi connectivity index (χ0v) is 16.5. The Morgan fingerprint density at radius 1 is 0.929 bits per heavy atom. The van der Waals surface area contributed by atoms with Gasteiger partial charge in [-0.1, -0.05) is 30.3 Å². The Balaban J connectivity index is 1.39. The molecule has 0 aliphatic carbocycles. The molecule has 3 heterocycles. The Kier molecular flexibility index (Phi) is 5.10. The van der Waals surface area contributed by atoms with Crippen LogP contribution in [0.3, 0.4) is 0 Å². The maximum Gasteiger partial charge on any atom is 0.218 e. The van der Waals surface area contributed by atoms with Crippen LogP contribution in [0.4, 0.5) is 5.82 Å². The van der Waals surface area contributed by atoms with Gasteiger partial charge in [-0.25, -0.2) is 13.4 Å². The van der Waals surface area contributed by atoms with Gasteiger partial charge in [-0.3, -0.25) is 4.57 Å². The fraction of sp³-hybridized carbons (Fsp3) is 0.316. The zero-order valence-electron chi connectivity index (χ0n) is 15.6. The molecule has 1 aliphatic heterocycles. The lowest BCUT2D eigenvalue weighted by Gasteiger charge is -2.34. The number of aromatic nitrogens is 4. The molecule has 1 aromatic carbocycles. The number of hydrogen-bond acceptors (Lipinski definition) is 6. The van der Waals surface area contributed by atoms with Crippen LogP contribution < -0.4 is 4.90 Å². The number of piperazine rings is 1. The molecule has 0 unspecified atom stereocenters. The Labute approximate surface area is 164 Å². The standard InChI is InChI=1S/C19H22N6O2S/c1-16-20-9-10-25(16)19-8-7-18(21-22-19)23-11-13-24(14-12-23)28(26,27)15-17-5-3-2-4-6-17/h2-10H,11-15H2,1H3. The van der Waals surface area contributed by atoms with Crippen molar-refractivity contribution in [2.75, 3.05) is 31.1 Å². The van der Waals surface area contributed by atoms with Crippen molar-refractivity contribution in [3.8, 4) is 5.82 Å². The molecule has 0 saturated carbocycles. The van der Waals surface area contributed by atoms with Crippen molar-refractivity contribution in [3.63, 3.8) is 0 Å². The molecule has 28 heavy (non-hydrogen) atoms. The van der Waals surface area contributed by atoms with E-state index in [1.807, 2.05) is 60.2 Å². The summed E-state index contributed by atoms with van der Waals surface area (Å²) in [5.74, 6) is 2.34. The number of benzene rings is 1. The van der Waals surface area contributed by atoms with Gasteiger partial charge in [-0.15, -0.1) is 10.2 Å². The Morgan fingerprint density at radius 2 is 1.61 bits per heavy atom. The van der Waals surface area contributed by atoms with Crippen LogP contribution in [-0.2, 0) is 15.8 Å². The number of imidazole rings is 1. The molecule has 1 fully saturated rings. The average molecular weight is 398 g/mol. The molecule has 4 rings (SSSR count). The van der Waals surface area contributed by atoms with E-state index in [0.717, 1.165) is 17.2 Å². The average Bonchev–Trinajstić information content (AvgIpc) is 3.15. The van der Waals surface area contributed by atoms with Crippen molar-refractivity contribution >= 4 is 15.8 Å². The fourth-order valence-corrected chi connectivity index (χ4v) is 4.82. The quantitative estimate of drug-likeness (QED) is 0.649. The first kappa shape index (κ1) is 18.6. The zero-order chi connectivity index (χ0) is 19.6. The number of anilines is 1. The first-order valence-electron chi connectivity index (χ1n) is 9.14. The van der Waals surface area contributed by atoms with E-state index < -0.39 is 10.0 Å². The first-order valence-corrected chi connectivity index (χ1v) is 10.7. The highest BCUT2D eigenvalue weighted by Crippen LogP contribution is 2.18. The second kappa shape index (κ2) is 7.69. The van der Waals surface area contributed by atoms with Crippen molar-refractivity contribution in [2.24, 2.45) is 0 Å². The van der Waals surface area contributed by atoms with Crippen LogP contribution in [0.25, 0.3) is 5.82 Å². The minimum absolute atomic E-state index is 0.0343. The van der Waals surface area contributed by atoms with Crippen LogP contribution in [0.5, 0.6) is 0 Å². The van der Waals surface area contributed by atoms with Crippen molar-refractivity contribution in [1.29, 1.82) is 0 Å². The second-order valence-electron chi connectivity index (χ2n) is 6.72. The van der Waals surface area contributed by atoms with Crippen molar-refractivity contribution < 1.29 is 8.42 Å². The summed E-state index contributed by atoms with van der Waals surface area (Å²) in [6.07, 6.45) is 3.56. The van der Waals surface area contributed by atoms with E-state index in [-0.39, 0.29) is 5.75 Å². The molecule has 146 valence electrons. The van der Waals surface area contributed by atoms with E-state index in [0.29, 0.717) is 32.0 Å². The van der Waals surface area contributed by atoms with Crippen LogP contribution in [0, 0.1) is 6.92 Å². The highest BCUT2D eigenvalue weighted by atomic mass is 32.2. The van der Waals surface area contributed by atoms with E-state index in [1.165, 1.54) is 0 Å². The maximum atomic E-state index is 12.7. The molecule has 9 heteroatoms. The Morgan fingerprint density at radius 3 is 2.21 bits per heavy atom. The molecular formula is C19H22N6O2S. The van der Waals surface area contributed by atoms with E-state index in [9.17, 15) is 8.42 Å². The molecule has 0 N–H and O–H groups in total. The van der Waals surface area contributed by atoms with Crippen LogP contribution in [0.1, 0.15) is 11.4 Å². The number of hydrogen-bond donors (Lipinski definition) is 0. The van der Waals surface area contributed by atoms with Crippen LogP contribution in [-0.4, -0.2) is 58.7 Å². The summed E-state index contributed by atoms with van der Waals surface area (Å²) >= 11 is 0. The lowest BCUT2D eigenvalue weighted by molar-refractivity contribution is 0.383. The van der Waals surface area contributed by atoms with Gasteiger partial charge in [0.05, 0.1) is 5.75 Å².